The van der Waals surface area contributed by atoms with Crippen molar-refractivity contribution in [2.24, 2.45) is 5.84 Å². The van der Waals surface area contributed by atoms with Crippen LogP contribution in [-0.2, 0) is 0 Å². The first kappa shape index (κ1) is 12.0. The molecule has 2 rings (SSSR count). The number of hydrogen-bond donors (Lipinski definition) is 2. The number of nitrogens with one attached hydrogen (secondary N) is 1. The molecule has 0 saturated carbocycles. The van der Waals surface area contributed by atoms with Gasteiger partial charge < -0.3 is 4.42 Å². The van der Waals surface area contributed by atoms with E-state index < -0.39 is 17.7 Å². The maximum atomic E-state index is 13.6. The van der Waals surface area contributed by atoms with Crippen LogP contribution < -0.4 is 11.3 Å². The van der Waals surface area contributed by atoms with E-state index >= 15 is 0 Å². The minimum Gasteiger partial charge on any atom is -0.448 e. The minimum atomic E-state index is -0.927. The van der Waals surface area contributed by atoms with E-state index in [4.69, 9.17) is 21.9 Å². The van der Waals surface area contributed by atoms with Gasteiger partial charge in [-0.25, -0.2) is 14.2 Å². The summed E-state index contributed by atoms with van der Waals surface area (Å²) in [5, 5.41) is 0.122. The van der Waals surface area contributed by atoms with Gasteiger partial charge in [-0.2, -0.15) is 0 Å². The highest BCUT2D eigenvalue weighted by Crippen LogP contribution is 2.28. The van der Waals surface area contributed by atoms with Crippen LogP contribution in [0.5, 0.6) is 0 Å². The summed E-state index contributed by atoms with van der Waals surface area (Å²) in [6, 6.07) is 5.61. The average Bonchev–Trinajstić information content (AvgIpc) is 2.70. The SMILES string of the molecule is NNC(c1ccc(Cl)o1)c1c(F)cccc1F. The molecule has 6 heteroatoms. The Labute approximate surface area is 101 Å². The Morgan fingerprint density at radius 1 is 1.18 bits per heavy atom. The van der Waals surface area contributed by atoms with E-state index in [0.29, 0.717) is 0 Å². The molecule has 0 aliphatic carbocycles. The molecular formula is C11H9ClF2N2O. The quantitative estimate of drug-likeness (QED) is 0.657. The first-order chi connectivity index (χ1) is 8.13. The number of hydrazine groups is 1. The summed E-state index contributed by atoms with van der Waals surface area (Å²) in [5.41, 5.74) is 2.09. The number of halogens is 3. The second kappa shape index (κ2) is 4.83. The predicted octanol–water partition coefficient (Wildman–Crippen LogP) is 2.76. The standard InChI is InChI=1S/C11H9ClF2N2O/c12-9-5-4-8(17-9)11(16-15)10-6(13)2-1-3-7(10)14/h1-5,11,16H,15H2. The third-order valence-electron chi connectivity index (χ3n) is 2.33. The largest absolute Gasteiger partial charge is 0.448 e. The first-order valence-corrected chi connectivity index (χ1v) is 5.16. The van der Waals surface area contributed by atoms with E-state index in [1.54, 1.807) is 0 Å². The molecule has 0 aliphatic rings. The number of furan rings is 1. The summed E-state index contributed by atoms with van der Waals surface area (Å²) in [7, 11) is 0. The maximum Gasteiger partial charge on any atom is 0.193 e. The van der Waals surface area contributed by atoms with Gasteiger partial charge in [-0.15, -0.1) is 0 Å². The smallest absolute Gasteiger partial charge is 0.193 e. The van der Waals surface area contributed by atoms with Crippen molar-refractivity contribution in [2.45, 2.75) is 6.04 Å². The van der Waals surface area contributed by atoms with E-state index in [1.807, 2.05) is 0 Å². The van der Waals surface area contributed by atoms with Crippen LogP contribution in [0.4, 0.5) is 8.78 Å². The van der Waals surface area contributed by atoms with Crippen LogP contribution in [0.15, 0.2) is 34.7 Å². The van der Waals surface area contributed by atoms with Crippen LogP contribution in [0.3, 0.4) is 0 Å². The molecule has 0 radical (unpaired) electrons. The van der Waals surface area contributed by atoms with Gasteiger partial charge in [0.05, 0.1) is 0 Å². The van der Waals surface area contributed by atoms with Gasteiger partial charge in [0.15, 0.2) is 5.22 Å². The molecule has 1 unspecified atom stereocenters. The van der Waals surface area contributed by atoms with Crippen LogP contribution in [0.25, 0.3) is 0 Å². The predicted molar refractivity (Wildman–Crippen MR) is 59.2 cm³/mol. The molecular weight excluding hydrogens is 250 g/mol. The highest BCUT2D eigenvalue weighted by atomic mass is 35.5. The summed E-state index contributed by atoms with van der Waals surface area (Å²) in [4.78, 5) is 0. The third-order valence-corrected chi connectivity index (χ3v) is 2.54. The van der Waals surface area contributed by atoms with Gasteiger partial charge in [0.2, 0.25) is 0 Å². The lowest BCUT2D eigenvalue weighted by Crippen LogP contribution is -2.30. The fraction of sp³-hybridized carbons (Fsp3) is 0.0909. The summed E-state index contributed by atoms with van der Waals surface area (Å²) in [5.74, 6) is 4.12. The summed E-state index contributed by atoms with van der Waals surface area (Å²) >= 11 is 5.61. The van der Waals surface area contributed by atoms with Gasteiger partial charge in [0, 0.05) is 5.56 Å². The van der Waals surface area contributed by atoms with E-state index in [9.17, 15) is 8.78 Å². The molecule has 1 atom stereocenters. The lowest BCUT2D eigenvalue weighted by molar-refractivity contribution is 0.428. The Hall–Kier alpha value is -1.43. The molecule has 0 saturated heterocycles. The summed E-state index contributed by atoms with van der Waals surface area (Å²) < 4.78 is 32.2. The van der Waals surface area contributed by atoms with Crippen molar-refractivity contribution in [1.82, 2.24) is 5.43 Å². The molecule has 90 valence electrons. The molecule has 1 aromatic heterocycles. The Bertz CT molecular complexity index is 510. The number of hydrogen-bond acceptors (Lipinski definition) is 3. The molecule has 0 spiro atoms. The third kappa shape index (κ3) is 2.31. The second-order valence-corrected chi connectivity index (χ2v) is 3.75. The van der Waals surface area contributed by atoms with Gasteiger partial charge in [-0.3, -0.25) is 5.84 Å². The molecule has 0 fully saturated rings. The fourth-order valence-corrected chi connectivity index (χ4v) is 1.73. The zero-order chi connectivity index (χ0) is 12.4. The Balaban J connectivity index is 2.49. The average molecular weight is 259 g/mol. The van der Waals surface area contributed by atoms with Crippen molar-refractivity contribution in [3.8, 4) is 0 Å². The molecule has 1 heterocycles. The van der Waals surface area contributed by atoms with Crippen LogP contribution in [0.1, 0.15) is 17.4 Å². The fourth-order valence-electron chi connectivity index (χ4n) is 1.58. The Kier molecular flexibility index (Phi) is 3.42. The molecule has 2 aromatic rings. The van der Waals surface area contributed by atoms with Crippen molar-refractivity contribution < 1.29 is 13.2 Å². The number of rotatable bonds is 3. The van der Waals surface area contributed by atoms with Crippen molar-refractivity contribution in [3.05, 3.63) is 58.5 Å². The monoisotopic (exact) mass is 258 g/mol. The Morgan fingerprint density at radius 3 is 2.29 bits per heavy atom. The van der Waals surface area contributed by atoms with E-state index in [1.165, 1.54) is 18.2 Å². The van der Waals surface area contributed by atoms with Crippen molar-refractivity contribution in [3.63, 3.8) is 0 Å². The van der Waals surface area contributed by atoms with Gasteiger partial charge >= 0.3 is 0 Å². The zero-order valence-electron chi connectivity index (χ0n) is 8.58. The number of benzene rings is 1. The molecule has 0 aliphatic heterocycles. The highest BCUT2D eigenvalue weighted by molar-refractivity contribution is 6.28. The summed E-state index contributed by atoms with van der Waals surface area (Å²) in [6.45, 7) is 0. The maximum absolute atomic E-state index is 13.6. The normalized spacial score (nSPS) is 12.7. The first-order valence-electron chi connectivity index (χ1n) is 4.78. The lowest BCUT2D eigenvalue weighted by Gasteiger charge is -2.15. The van der Waals surface area contributed by atoms with Crippen molar-refractivity contribution in [1.29, 1.82) is 0 Å². The van der Waals surface area contributed by atoms with Crippen LogP contribution in [0.2, 0.25) is 5.22 Å². The molecule has 3 N–H and O–H groups in total. The molecule has 3 nitrogen and oxygen atoms in total. The molecule has 1 aromatic carbocycles. The van der Waals surface area contributed by atoms with Crippen LogP contribution in [-0.4, -0.2) is 0 Å². The van der Waals surface area contributed by atoms with Crippen LogP contribution in [0, 0.1) is 11.6 Å². The van der Waals surface area contributed by atoms with Gasteiger partial charge in [0.1, 0.15) is 23.4 Å². The minimum absolute atomic E-state index is 0.122. The van der Waals surface area contributed by atoms with Gasteiger partial charge in [-0.05, 0) is 35.9 Å². The molecule has 0 bridgehead atoms. The summed E-state index contributed by atoms with van der Waals surface area (Å²) in [6.07, 6.45) is 0. The number of nitrogens with two attached hydrogens (primary N) is 1. The molecule has 17 heavy (non-hydrogen) atoms. The van der Waals surface area contributed by atoms with Gasteiger partial charge in [0.25, 0.3) is 0 Å². The zero-order valence-corrected chi connectivity index (χ0v) is 9.34. The Morgan fingerprint density at radius 2 is 1.82 bits per heavy atom. The second-order valence-electron chi connectivity index (χ2n) is 3.38. The molecule has 0 amide bonds. The van der Waals surface area contributed by atoms with Crippen LogP contribution >= 0.6 is 11.6 Å². The van der Waals surface area contributed by atoms with E-state index in [2.05, 4.69) is 5.43 Å². The van der Waals surface area contributed by atoms with Crippen molar-refractivity contribution >= 4 is 11.6 Å². The van der Waals surface area contributed by atoms with Gasteiger partial charge in [-0.1, -0.05) is 6.07 Å². The van der Waals surface area contributed by atoms with E-state index in [-0.39, 0.29) is 16.5 Å². The lowest BCUT2D eigenvalue weighted by atomic mass is 10.0. The van der Waals surface area contributed by atoms with E-state index in [0.717, 1.165) is 12.1 Å². The van der Waals surface area contributed by atoms with Crippen molar-refractivity contribution in [2.75, 3.05) is 0 Å². The topological polar surface area (TPSA) is 51.2 Å². The highest BCUT2D eigenvalue weighted by Gasteiger charge is 2.23.